The smallest absolute Gasteiger partial charge is 0.347 e. The van der Waals surface area contributed by atoms with Crippen molar-refractivity contribution in [2.45, 2.75) is 20.0 Å². The number of esters is 1. The summed E-state index contributed by atoms with van der Waals surface area (Å²) in [5, 5.41) is 3.29. The van der Waals surface area contributed by atoms with Crippen molar-refractivity contribution in [2.24, 2.45) is 0 Å². The van der Waals surface area contributed by atoms with Crippen LogP contribution in [0.25, 0.3) is 0 Å². The lowest BCUT2D eigenvalue weighted by Gasteiger charge is -2.14. The highest BCUT2D eigenvalue weighted by Gasteiger charge is 2.18. The molecule has 0 radical (unpaired) electrons. The number of aryl methyl sites for hydroxylation is 1. The Kier molecular flexibility index (Phi) is 6.67. The largest absolute Gasteiger partial charge is 0.479 e. The predicted molar refractivity (Wildman–Crippen MR) is 97.3 cm³/mol. The molecule has 25 heavy (non-hydrogen) atoms. The summed E-state index contributed by atoms with van der Waals surface area (Å²) < 4.78 is 10.5. The minimum Gasteiger partial charge on any atom is -0.479 e. The number of ether oxygens (including phenoxy) is 2. The quantitative estimate of drug-likeness (QED) is 0.759. The highest BCUT2D eigenvalue weighted by Crippen LogP contribution is 2.25. The van der Waals surface area contributed by atoms with E-state index in [2.05, 4.69) is 5.32 Å². The van der Waals surface area contributed by atoms with Gasteiger partial charge in [-0.3, -0.25) is 4.79 Å². The van der Waals surface area contributed by atoms with E-state index in [0.29, 0.717) is 21.5 Å². The van der Waals surface area contributed by atoms with E-state index in [9.17, 15) is 9.59 Å². The normalized spacial score (nSPS) is 11.5. The van der Waals surface area contributed by atoms with Crippen molar-refractivity contribution in [1.82, 2.24) is 0 Å². The Morgan fingerprint density at radius 2 is 1.92 bits per heavy atom. The van der Waals surface area contributed by atoms with Crippen LogP contribution in [0, 0.1) is 6.92 Å². The van der Waals surface area contributed by atoms with Gasteiger partial charge in [0, 0.05) is 5.02 Å². The molecule has 0 saturated heterocycles. The molecular weight excluding hydrogens is 365 g/mol. The van der Waals surface area contributed by atoms with Gasteiger partial charge >= 0.3 is 5.97 Å². The molecule has 1 atom stereocenters. The van der Waals surface area contributed by atoms with E-state index < -0.39 is 24.6 Å². The molecule has 0 aromatic heterocycles. The lowest BCUT2D eigenvalue weighted by atomic mass is 10.2. The first kappa shape index (κ1) is 19.1. The van der Waals surface area contributed by atoms with Gasteiger partial charge in [-0.25, -0.2) is 4.79 Å². The SMILES string of the molecule is Cc1cccc(O[C@H](C)C(=O)OCC(=O)Nc2ccc(Cl)cc2Cl)c1. The third kappa shape index (κ3) is 5.96. The number of hydrogen-bond donors (Lipinski definition) is 1. The van der Waals surface area contributed by atoms with Crippen molar-refractivity contribution >= 4 is 40.8 Å². The molecule has 132 valence electrons. The van der Waals surface area contributed by atoms with Gasteiger partial charge in [0.25, 0.3) is 5.91 Å². The number of rotatable bonds is 6. The molecule has 2 rings (SSSR count). The maximum atomic E-state index is 11.9. The Morgan fingerprint density at radius 3 is 2.60 bits per heavy atom. The fourth-order valence-electron chi connectivity index (χ4n) is 1.97. The van der Waals surface area contributed by atoms with Gasteiger partial charge in [0.1, 0.15) is 5.75 Å². The lowest BCUT2D eigenvalue weighted by molar-refractivity contribution is -0.153. The molecule has 2 aromatic carbocycles. The van der Waals surface area contributed by atoms with Crippen LogP contribution in [-0.4, -0.2) is 24.6 Å². The Bertz CT molecular complexity index is 779. The van der Waals surface area contributed by atoms with Crippen molar-refractivity contribution in [3.8, 4) is 5.75 Å². The van der Waals surface area contributed by atoms with Crippen molar-refractivity contribution in [3.63, 3.8) is 0 Å². The van der Waals surface area contributed by atoms with Crippen molar-refractivity contribution in [3.05, 3.63) is 58.1 Å². The molecule has 5 nitrogen and oxygen atoms in total. The second-order valence-corrected chi connectivity index (χ2v) is 6.20. The molecule has 0 aliphatic carbocycles. The maximum Gasteiger partial charge on any atom is 0.347 e. The molecule has 0 aliphatic rings. The molecule has 1 N–H and O–H groups in total. The number of halogens is 2. The summed E-state index contributed by atoms with van der Waals surface area (Å²) in [7, 11) is 0. The van der Waals surface area contributed by atoms with Gasteiger partial charge in [-0.05, 0) is 49.7 Å². The first-order valence-corrected chi connectivity index (χ1v) is 8.25. The van der Waals surface area contributed by atoms with Gasteiger partial charge in [-0.15, -0.1) is 0 Å². The predicted octanol–water partition coefficient (Wildman–Crippen LogP) is 4.25. The fraction of sp³-hybridized carbons (Fsp3) is 0.222. The highest BCUT2D eigenvalue weighted by molar-refractivity contribution is 6.36. The second kappa shape index (κ2) is 8.74. The summed E-state index contributed by atoms with van der Waals surface area (Å²) in [6.07, 6.45) is -0.839. The number of carbonyl (C=O) groups is 2. The number of carbonyl (C=O) groups excluding carboxylic acids is 2. The van der Waals surface area contributed by atoms with Crippen LogP contribution in [0.3, 0.4) is 0 Å². The maximum absolute atomic E-state index is 11.9. The fourth-order valence-corrected chi connectivity index (χ4v) is 2.43. The van der Waals surface area contributed by atoms with E-state index in [-0.39, 0.29) is 0 Å². The molecule has 0 heterocycles. The van der Waals surface area contributed by atoms with Crippen molar-refractivity contribution in [1.29, 1.82) is 0 Å². The summed E-state index contributed by atoms with van der Waals surface area (Å²) in [4.78, 5) is 23.8. The molecule has 0 saturated carbocycles. The van der Waals surface area contributed by atoms with E-state index in [0.717, 1.165) is 5.56 Å². The zero-order chi connectivity index (χ0) is 18.4. The third-order valence-corrected chi connectivity index (χ3v) is 3.73. The van der Waals surface area contributed by atoms with Crippen molar-refractivity contribution in [2.75, 3.05) is 11.9 Å². The molecular formula is C18H17Cl2NO4. The van der Waals surface area contributed by atoms with Gasteiger partial charge in [-0.1, -0.05) is 35.3 Å². The average molecular weight is 382 g/mol. The number of benzene rings is 2. The zero-order valence-corrected chi connectivity index (χ0v) is 15.2. The third-order valence-electron chi connectivity index (χ3n) is 3.19. The topological polar surface area (TPSA) is 64.6 Å². The summed E-state index contributed by atoms with van der Waals surface area (Å²) in [5.74, 6) is -0.596. The zero-order valence-electron chi connectivity index (χ0n) is 13.7. The second-order valence-electron chi connectivity index (χ2n) is 5.36. The van der Waals surface area contributed by atoms with Crippen LogP contribution in [0.1, 0.15) is 12.5 Å². The highest BCUT2D eigenvalue weighted by atomic mass is 35.5. The number of hydrogen-bond acceptors (Lipinski definition) is 4. The summed E-state index contributed by atoms with van der Waals surface area (Å²) in [6.45, 7) is 3.03. The number of amides is 1. The van der Waals surface area contributed by atoms with E-state index in [1.165, 1.54) is 6.07 Å². The van der Waals surface area contributed by atoms with Crippen LogP contribution in [0.5, 0.6) is 5.75 Å². The van der Waals surface area contributed by atoms with E-state index >= 15 is 0 Å². The van der Waals surface area contributed by atoms with E-state index in [1.807, 2.05) is 19.1 Å². The lowest BCUT2D eigenvalue weighted by Crippen LogP contribution is -2.29. The number of anilines is 1. The summed E-state index contributed by atoms with van der Waals surface area (Å²) in [6, 6.07) is 11.9. The van der Waals surface area contributed by atoms with Gasteiger partial charge in [0.05, 0.1) is 10.7 Å². The molecule has 0 unspecified atom stereocenters. The molecule has 0 fully saturated rings. The number of nitrogens with one attached hydrogen (secondary N) is 1. The van der Waals surface area contributed by atoms with Gasteiger partial charge in [-0.2, -0.15) is 0 Å². The Labute approximate surface area is 155 Å². The first-order valence-electron chi connectivity index (χ1n) is 7.50. The van der Waals surface area contributed by atoms with Gasteiger partial charge < -0.3 is 14.8 Å². The molecule has 0 bridgehead atoms. The van der Waals surface area contributed by atoms with E-state index in [1.54, 1.807) is 31.2 Å². The Morgan fingerprint density at radius 1 is 1.16 bits per heavy atom. The monoisotopic (exact) mass is 381 g/mol. The summed E-state index contributed by atoms with van der Waals surface area (Å²) >= 11 is 11.7. The molecule has 2 aromatic rings. The molecule has 7 heteroatoms. The van der Waals surface area contributed by atoms with Crippen LogP contribution in [0.15, 0.2) is 42.5 Å². The van der Waals surface area contributed by atoms with Crippen LogP contribution < -0.4 is 10.1 Å². The minimum absolute atomic E-state index is 0.295. The van der Waals surface area contributed by atoms with Gasteiger partial charge in [0.2, 0.25) is 0 Å². The molecule has 0 aliphatic heterocycles. The molecule has 0 spiro atoms. The standard InChI is InChI=1S/C18H17Cl2NO4/c1-11-4-3-5-14(8-11)25-12(2)18(23)24-10-17(22)21-16-7-6-13(19)9-15(16)20/h3-9,12H,10H2,1-2H3,(H,21,22)/t12-/m1/s1. The summed E-state index contributed by atoms with van der Waals surface area (Å²) in [5.41, 5.74) is 1.40. The first-order chi connectivity index (χ1) is 11.8. The van der Waals surface area contributed by atoms with Crippen LogP contribution in [-0.2, 0) is 14.3 Å². The van der Waals surface area contributed by atoms with Crippen LogP contribution in [0.4, 0.5) is 5.69 Å². The molecule has 1 amide bonds. The Balaban J connectivity index is 1.83. The van der Waals surface area contributed by atoms with E-state index in [4.69, 9.17) is 32.7 Å². The average Bonchev–Trinajstić information content (AvgIpc) is 2.55. The van der Waals surface area contributed by atoms with Crippen LogP contribution >= 0.6 is 23.2 Å². The van der Waals surface area contributed by atoms with Crippen LogP contribution in [0.2, 0.25) is 10.0 Å². The van der Waals surface area contributed by atoms with Crippen molar-refractivity contribution < 1.29 is 19.1 Å². The van der Waals surface area contributed by atoms with Gasteiger partial charge in [0.15, 0.2) is 12.7 Å². The minimum atomic E-state index is -0.839. The Hall–Kier alpha value is -2.24.